The Labute approximate surface area is 114 Å². The van der Waals surface area contributed by atoms with Gasteiger partial charge in [-0.2, -0.15) is 0 Å². The van der Waals surface area contributed by atoms with E-state index in [1.165, 1.54) is 16.8 Å². The molecule has 1 atom stereocenters. The van der Waals surface area contributed by atoms with E-state index in [0.717, 1.165) is 37.4 Å². The molecule has 3 nitrogen and oxygen atoms in total. The van der Waals surface area contributed by atoms with Gasteiger partial charge in [0.05, 0.1) is 12.2 Å². The van der Waals surface area contributed by atoms with Crippen molar-refractivity contribution in [3.63, 3.8) is 0 Å². The van der Waals surface area contributed by atoms with Gasteiger partial charge >= 0.3 is 0 Å². The highest BCUT2D eigenvalue weighted by atomic mass is 15.0. The first-order valence-corrected chi connectivity index (χ1v) is 7.17. The van der Waals surface area contributed by atoms with Gasteiger partial charge in [-0.15, -0.1) is 0 Å². The van der Waals surface area contributed by atoms with Crippen LogP contribution in [-0.4, -0.2) is 16.5 Å². The summed E-state index contributed by atoms with van der Waals surface area (Å²) in [5, 5.41) is 3.40. The third-order valence-electron chi connectivity index (χ3n) is 3.80. The number of nitrogens with one attached hydrogen (secondary N) is 2. The molecule has 19 heavy (non-hydrogen) atoms. The van der Waals surface area contributed by atoms with Gasteiger partial charge in [-0.25, -0.2) is 4.98 Å². The van der Waals surface area contributed by atoms with Crippen molar-refractivity contribution >= 4 is 0 Å². The quantitative estimate of drug-likeness (QED) is 0.823. The third kappa shape index (κ3) is 2.30. The molecule has 3 rings (SSSR count). The Morgan fingerprint density at radius 2 is 2.21 bits per heavy atom. The highest BCUT2D eigenvalue weighted by Crippen LogP contribution is 2.37. The molecule has 0 saturated heterocycles. The number of hydrogen-bond donors (Lipinski definition) is 2. The standard InChI is InChI=1S/C16H21N3/c1-3-8-17-10-15-18-14-9-11(2)12-6-4-5-7-13(12)16(14)19-15/h4-7,11,17H,3,8-10H2,1-2H3,(H,18,19). The zero-order valence-corrected chi connectivity index (χ0v) is 11.7. The SMILES string of the molecule is CCCNCc1nc2c([nH]1)CC(C)c1ccccc1-2. The summed E-state index contributed by atoms with van der Waals surface area (Å²) in [5.41, 5.74) is 5.17. The van der Waals surface area contributed by atoms with Gasteiger partial charge < -0.3 is 10.3 Å². The van der Waals surface area contributed by atoms with E-state index in [2.05, 4.69) is 48.4 Å². The summed E-state index contributed by atoms with van der Waals surface area (Å²) in [6, 6.07) is 8.64. The second-order valence-electron chi connectivity index (χ2n) is 5.38. The number of aromatic amines is 1. The topological polar surface area (TPSA) is 40.7 Å². The van der Waals surface area contributed by atoms with Gasteiger partial charge in [0.15, 0.2) is 0 Å². The molecular weight excluding hydrogens is 234 g/mol. The fraction of sp³-hybridized carbons (Fsp3) is 0.438. The minimum absolute atomic E-state index is 0.570. The predicted octanol–water partition coefficient (Wildman–Crippen LogP) is 3.24. The fourth-order valence-corrected chi connectivity index (χ4v) is 2.86. The lowest BCUT2D eigenvalue weighted by Crippen LogP contribution is -2.14. The molecule has 0 spiro atoms. The first-order valence-electron chi connectivity index (χ1n) is 7.17. The maximum atomic E-state index is 4.78. The highest BCUT2D eigenvalue weighted by Gasteiger charge is 2.24. The van der Waals surface area contributed by atoms with Crippen LogP contribution in [-0.2, 0) is 13.0 Å². The largest absolute Gasteiger partial charge is 0.344 e. The highest BCUT2D eigenvalue weighted by molar-refractivity contribution is 5.69. The van der Waals surface area contributed by atoms with Crippen LogP contribution in [0.4, 0.5) is 0 Å². The summed E-state index contributed by atoms with van der Waals surface area (Å²) in [5.74, 6) is 1.63. The van der Waals surface area contributed by atoms with E-state index in [4.69, 9.17) is 4.98 Å². The molecule has 2 N–H and O–H groups in total. The Bertz CT molecular complexity index is 571. The van der Waals surface area contributed by atoms with Crippen LogP contribution < -0.4 is 5.32 Å². The van der Waals surface area contributed by atoms with Crippen LogP contribution in [0.2, 0.25) is 0 Å². The monoisotopic (exact) mass is 255 g/mol. The van der Waals surface area contributed by atoms with Crippen LogP contribution in [0.1, 0.15) is 43.3 Å². The van der Waals surface area contributed by atoms with Crippen LogP contribution >= 0.6 is 0 Å². The van der Waals surface area contributed by atoms with Crippen LogP contribution in [0.5, 0.6) is 0 Å². The lowest BCUT2D eigenvalue weighted by atomic mass is 9.85. The Hall–Kier alpha value is -1.61. The number of rotatable bonds is 4. The van der Waals surface area contributed by atoms with Crippen molar-refractivity contribution in [2.45, 2.75) is 39.2 Å². The van der Waals surface area contributed by atoms with Gasteiger partial charge in [-0.3, -0.25) is 0 Å². The number of imidazole rings is 1. The molecule has 0 radical (unpaired) electrons. The van der Waals surface area contributed by atoms with Crippen LogP contribution in [0.15, 0.2) is 24.3 Å². The predicted molar refractivity (Wildman–Crippen MR) is 78.1 cm³/mol. The van der Waals surface area contributed by atoms with Crippen molar-refractivity contribution in [3.8, 4) is 11.3 Å². The third-order valence-corrected chi connectivity index (χ3v) is 3.80. The van der Waals surface area contributed by atoms with Gasteiger partial charge in [0, 0.05) is 11.3 Å². The minimum atomic E-state index is 0.570. The lowest BCUT2D eigenvalue weighted by molar-refractivity contribution is 0.653. The molecular formula is C16H21N3. The van der Waals surface area contributed by atoms with E-state index in [1.54, 1.807) is 0 Å². The molecule has 2 aromatic rings. The van der Waals surface area contributed by atoms with Crippen LogP contribution in [0, 0.1) is 0 Å². The van der Waals surface area contributed by atoms with Gasteiger partial charge in [-0.1, -0.05) is 38.1 Å². The average molecular weight is 255 g/mol. The maximum Gasteiger partial charge on any atom is 0.121 e. The summed E-state index contributed by atoms with van der Waals surface area (Å²) >= 11 is 0. The Kier molecular flexibility index (Phi) is 3.38. The number of hydrogen-bond acceptors (Lipinski definition) is 2. The Morgan fingerprint density at radius 1 is 1.37 bits per heavy atom. The molecule has 1 aromatic heterocycles. The van der Waals surface area contributed by atoms with E-state index in [9.17, 15) is 0 Å². The van der Waals surface area contributed by atoms with E-state index >= 15 is 0 Å². The van der Waals surface area contributed by atoms with E-state index in [0.29, 0.717) is 5.92 Å². The second-order valence-corrected chi connectivity index (χ2v) is 5.38. The molecule has 0 amide bonds. The molecule has 0 saturated carbocycles. The lowest BCUT2D eigenvalue weighted by Gasteiger charge is -2.21. The summed E-state index contributed by atoms with van der Waals surface area (Å²) in [6.45, 7) is 6.34. The zero-order chi connectivity index (χ0) is 13.2. The van der Waals surface area contributed by atoms with Crippen LogP contribution in [0.25, 0.3) is 11.3 Å². The summed E-state index contributed by atoms with van der Waals surface area (Å²) in [6.07, 6.45) is 2.22. The molecule has 1 aromatic carbocycles. The molecule has 0 bridgehead atoms. The first-order chi connectivity index (χ1) is 9.29. The molecule has 1 aliphatic rings. The zero-order valence-electron chi connectivity index (χ0n) is 11.7. The molecule has 1 aliphatic carbocycles. The molecule has 1 heterocycles. The number of fused-ring (bicyclic) bond motifs is 3. The van der Waals surface area contributed by atoms with Crippen molar-refractivity contribution in [1.29, 1.82) is 0 Å². The normalized spacial score (nSPS) is 17.1. The van der Waals surface area contributed by atoms with Gasteiger partial charge in [0.2, 0.25) is 0 Å². The summed E-state index contributed by atoms with van der Waals surface area (Å²) < 4.78 is 0. The molecule has 100 valence electrons. The molecule has 1 unspecified atom stereocenters. The maximum absolute atomic E-state index is 4.78. The smallest absolute Gasteiger partial charge is 0.121 e. The Balaban J connectivity index is 1.91. The van der Waals surface area contributed by atoms with Gasteiger partial charge in [0.25, 0.3) is 0 Å². The number of H-pyrrole nitrogens is 1. The van der Waals surface area contributed by atoms with Crippen molar-refractivity contribution in [2.75, 3.05) is 6.54 Å². The Morgan fingerprint density at radius 3 is 3.05 bits per heavy atom. The van der Waals surface area contributed by atoms with E-state index < -0.39 is 0 Å². The fourth-order valence-electron chi connectivity index (χ4n) is 2.86. The van der Waals surface area contributed by atoms with E-state index in [1.807, 2.05) is 0 Å². The molecule has 3 heteroatoms. The molecule has 0 fully saturated rings. The number of nitrogens with zero attached hydrogens (tertiary/aromatic N) is 1. The van der Waals surface area contributed by atoms with Crippen molar-refractivity contribution < 1.29 is 0 Å². The van der Waals surface area contributed by atoms with E-state index in [-0.39, 0.29) is 0 Å². The average Bonchev–Trinajstić information content (AvgIpc) is 2.82. The van der Waals surface area contributed by atoms with Gasteiger partial charge in [-0.05, 0) is 30.9 Å². The summed E-state index contributed by atoms with van der Waals surface area (Å²) in [7, 11) is 0. The second kappa shape index (κ2) is 5.17. The van der Waals surface area contributed by atoms with Crippen molar-refractivity contribution in [2.24, 2.45) is 0 Å². The minimum Gasteiger partial charge on any atom is -0.344 e. The van der Waals surface area contributed by atoms with Crippen LogP contribution in [0.3, 0.4) is 0 Å². The van der Waals surface area contributed by atoms with Crippen molar-refractivity contribution in [1.82, 2.24) is 15.3 Å². The summed E-state index contributed by atoms with van der Waals surface area (Å²) in [4.78, 5) is 8.27. The van der Waals surface area contributed by atoms with Gasteiger partial charge in [0.1, 0.15) is 5.82 Å². The van der Waals surface area contributed by atoms with Crippen molar-refractivity contribution in [3.05, 3.63) is 41.3 Å². The first kappa shape index (κ1) is 12.4. The number of aromatic nitrogens is 2. The number of benzene rings is 1. The molecule has 0 aliphatic heterocycles.